The van der Waals surface area contributed by atoms with Crippen molar-refractivity contribution in [2.75, 3.05) is 27.2 Å². The SMILES string of the molecule is CN(C)C1(CNC(=O)[C@@H]2CCCCN2)CCCC1. The lowest BCUT2D eigenvalue weighted by atomic mass is 9.95. The summed E-state index contributed by atoms with van der Waals surface area (Å²) in [6, 6.07) is 0.0411. The van der Waals surface area contributed by atoms with Crippen LogP contribution in [0.2, 0.25) is 0 Å². The molecule has 4 nitrogen and oxygen atoms in total. The maximum Gasteiger partial charge on any atom is 0.237 e. The topological polar surface area (TPSA) is 44.4 Å². The number of nitrogens with zero attached hydrogens (tertiary/aromatic N) is 1. The number of piperidine rings is 1. The van der Waals surface area contributed by atoms with E-state index in [0.29, 0.717) is 0 Å². The largest absolute Gasteiger partial charge is 0.353 e. The number of rotatable bonds is 4. The fourth-order valence-corrected chi connectivity index (χ4v) is 3.27. The van der Waals surface area contributed by atoms with E-state index in [1.807, 2.05) is 0 Å². The molecule has 0 radical (unpaired) electrons. The van der Waals surface area contributed by atoms with E-state index in [1.54, 1.807) is 0 Å². The predicted octanol–water partition coefficient (Wildman–Crippen LogP) is 1.12. The van der Waals surface area contributed by atoms with Crippen LogP contribution in [0, 0.1) is 0 Å². The highest BCUT2D eigenvalue weighted by molar-refractivity contribution is 5.81. The van der Waals surface area contributed by atoms with E-state index < -0.39 is 0 Å². The fraction of sp³-hybridized carbons (Fsp3) is 0.929. The van der Waals surface area contributed by atoms with Crippen LogP contribution in [-0.2, 0) is 4.79 Å². The third-order valence-corrected chi connectivity index (χ3v) is 4.70. The third kappa shape index (κ3) is 3.04. The van der Waals surface area contributed by atoms with Crippen molar-refractivity contribution in [3.8, 4) is 0 Å². The molecule has 2 fully saturated rings. The highest BCUT2D eigenvalue weighted by Crippen LogP contribution is 2.33. The molecule has 1 saturated carbocycles. The average Bonchev–Trinajstić information content (AvgIpc) is 2.87. The number of likely N-dealkylation sites (N-methyl/N-ethyl adjacent to an activating group) is 1. The summed E-state index contributed by atoms with van der Waals surface area (Å²) < 4.78 is 0. The molecule has 2 aliphatic rings. The zero-order chi connectivity index (χ0) is 13.0. The van der Waals surface area contributed by atoms with Crippen molar-refractivity contribution in [3.05, 3.63) is 0 Å². The maximum absolute atomic E-state index is 12.1. The van der Waals surface area contributed by atoms with E-state index in [9.17, 15) is 4.79 Å². The van der Waals surface area contributed by atoms with Crippen molar-refractivity contribution in [2.45, 2.75) is 56.5 Å². The van der Waals surface area contributed by atoms with Gasteiger partial charge >= 0.3 is 0 Å². The lowest BCUT2D eigenvalue weighted by molar-refractivity contribution is -0.124. The molecule has 1 aliphatic carbocycles. The Morgan fingerprint density at radius 3 is 2.56 bits per heavy atom. The van der Waals surface area contributed by atoms with Crippen molar-refractivity contribution in [1.82, 2.24) is 15.5 Å². The van der Waals surface area contributed by atoms with Gasteiger partial charge in [0.05, 0.1) is 6.04 Å². The first-order chi connectivity index (χ1) is 8.64. The Morgan fingerprint density at radius 1 is 1.28 bits per heavy atom. The molecule has 4 heteroatoms. The number of hydrogen-bond donors (Lipinski definition) is 2. The zero-order valence-electron chi connectivity index (χ0n) is 11.8. The summed E-state index contributed by atoms with van der Waals surface area (Å²) in [4.78, 5) is 14.4. The molecule has 0 aromatic rings. The van der Waals surface area contributed by atoms with E-state index in [0.717, 1.165) is 19.5 Å². The van der Waals surface area contributed by atoms with Gasteiger partial charge in [0.1, 0.15) is 0 Å². The van der Waals surface area contributed by atoms with Crippen LogP contribution in [0.5, 0.6) is 0 Å². The van der Waals surface area contributed by atoms with Gasteiger partial charge in [0.15, 0.2) is 0 Å². The Kier molecular flexibility index (Phi) is 4.62. The summed E-state index contributed by atoms with van der Waals surface area (Å²) in [5, 5.41) is 6.48. The van der Waals surface area contributed by atoms with Gasteiger partial charge in [0, 0.05) is 12.1 Å². The average molecular weight is 253 g/mol. The Balaban J connectivity index is 1.83. The zero-order valence-corrected chi connectivity index (χ0v) is 11.8. The molecular formula is C14H27N3O. The Labute approximate surface area is 110 Å². The highest BCUT2D eigenvalue weighted by atomic mass is 16.2. The molecule has 1 heterocycles. The standard InChI is InChI=1S/C14H27N3O/c1-17(2)14(8-4-5-9-14)11-16-13(18)12-7-3-6-10-15-12/h12,15H,3-11H2,1-2H3,(H,16,18)/t12-/m0/s1. The second-order valence-corrected chi connectivity index (χ2v) is 6.05. The minimum Gasteiger partial charge on any atom is -0.353 e. The fourth-order valence-electron chi connectivity index (χ4n) is 3.27. The summed E-state index contributed by atoms with van der Waals surface area (Å²) in [5.41, 5.74) is 0.199. The smallest absolute Gasteiger partial charge is 0.237 e. The first-order valence-corrected chi connectivity index (χ1v) is 7.33. The molecule has 1 saturated heterocycles. The summed E-state index contributed by atoms with van der Waals surface area (Å²) in [6.45, 7) is 1.79. The quantitative estimate of drug-likeness (QED) is 0.789. The summed E-state index contributed by atoms with van der Waals surface area (Å²) in [5.74, 6) is 0.197. The molecule has 0 unspecified atom stereocenters. The van der Waals surface area contributed by atoms with Gasteiger partial charge < -0.3 is 15.5 Å². The number of carbonyl (C=O) groups excluding carboxylic acids is 1. The van der Waals surface area contributed by atoms with Crippen molar-refractivity contribution < 1.29 is 4.79 Å². The second-order valence-electron chi connectivity index (χ2n) is 6.05. The van der Waals surface area contributed by atoms with Crippen LogP contribution >= 0.6 is 0 Å². The van der Waals surface area contributed by atoms with E-state index in [1.165, 1.54) is 38.5 Å². The number of amides is 1. The first-order valence-electron chi connectivity index (χ1n) is 7.33. The normalized spacial score (nSPS) is 27.4. The first kappa shape index (κ1) is 13.8. The molecule has 104 valence electrons. The van der Waals surface area contributed by atoms with E-state index >= 15 is 0 Å². The molecule has 1 aliphatic heterocycles. The molecule has 1 amide bonds. The highest BCUT2D eigenvalue weighted by Gasteiger charge is 2.36. The van der Waals surface area contributed by atoms with Crippen molar-refractivity contribution >= 4 is 5.91 Å². The Hall–Kier alpha value is -0.610. The van der Waals surface area contributed by atoms with E-state index in [4.69, 9.17) is 0 Å². The number of carbonyl (C=O) groups is 1. The molecule has 2 rings (SSSR count). The molecule has 2 N–H and O–H groups in total. The summed E-state index contributed by atoms with van der Waals surface area (Å²) in [6.07, 6.45) is 8.35. The van der Waals surface area contributed by atoms with E-state index in [-0.39, 0.29) is 17.5 Å². The summed E-state index contributed by atoms with van der Waals surface area (Å²) in [7, 11) is 4.27. The van der Waals surface area contributed by atoms with Gasteiger partial charge in [-0.05, 0) is 46.3 Å². The maximum atomic E-state index is 12.1. The van der Waals surface area contributed by atoms with Gasteiger partial charge in [-0.1, -0.05) is 19.3 Å². The minimum atomic E-state index is 0.0411. The van der Waals surface area contributed by atoms with Crippen molar-refractivity contribution in [1.29, 1.82) is 0 Å². The minimum absolute atomic E-state index is 0.0411. The van der Waals surface area contributed by atoms with Crippen LogP contribution in [0.15, 0.2) is 0 Å². The van der Waals surface area contributed by atoms with Gasteiger partial charge in [0.2, 0.25) is 5.91 Å². The van der Waals surface area contributed by atoms with Gasteiger partial charge in [-0.2, -0.15) is 0 Å². The van der Waals surface area contributed by atoms with Crippen LogP contribution in [-0.4, -0.2) is 49.6 Å². The Morgan fingerprint density at radius 2 is 2.00 bits per heavy atom. The van der Waals surface area contributed by atoms with Crippen LogP contribution in [0.25, 0.3) is 0 Å². The van der Waals surface area contributed by atoms with Gasteiger partial charge in [0.25, 0.3) is 0 Å². The predicted molar refractivity (Wildman–Crippen MR) is 73.5 cm³/mol. The third-order valence-electron chi connectivity index (χ3n) is 4.70. The van der Waals surface area contributed by atoms with Gasteiger partial charge in [-0.3, -0.25) is 4.79 Å². The van der Waals surface area contributed by atoms with Crippen LogP contribution < -0.4 is 10.6 Å². The molecule has 0 bridgehead atoms. The Bertz CT molecular complexity index is 279. The van der Waals surface area contributed by atoms with Crippen LogP contribution in [0.4, 0.5) is 0 Å². The monoisotopic (exact) mass is 253 g/mol. The number of nitrogens with one attached hydrogen (secondary N) is 2. The van der Waals surface area contributed by atoms with Gasteiger partial charge in [-0.15, -0.1) is 0 Å². The molecular weight excluding hydrogens is 226 g/mol. The van der Waals surface area contributed by atoms with Gasteiger partial charge in [-0.25, -0.2) is 0 Å². The second kappa shape index (κ2) is 6.02. The summed E-state index contributed by atoms with van der Waals surface area (Å²) >= 11 is 0. The van der Waals surface area contributed by atoms with E-state index in [2.05, 4.69) is 29.6 Å². The van der Waals surface area contributed by atoms with Crippen molar-refractivity contribution in [2.24, 2.45) is 0 Å². The molecule has 18 heavy (non-hydrogen) atoms. The van der Waals surface area contributed by atoms with Crippen molar-refractivity contribution in [3.63, 3.8) is 0 Å². The van der Waals surface area contributed by atoms with Crippen LogP contribution in [0.3, 0.4) is 0 Å². The molecule has 1 atom stereocenters. The lowest BCUT2D eigenvalue weighted by Gasteiger charge is -2.37. The lowest BCUT2D eigenvalue weighted by Crippen LogP contribution is -2.54. The molecule has 0 spiro atoms. The molecule has 0 aromatic carbocycles. The number of hydrogen-bond acceptors (Lipinski definition) is 3. The molecule has 0 aromatic heterocycles. The van der Waals surface area contributed by atoms with Crippen LogP contribution in [0.1, 0.15) is 44.9 Å².